The van der Waals surface area contributed by atoms with Gasteiger partial charge in [0, 0.05) is 14.1 Å². The number of hydrogen-bond donors (Lipinski definition) is 3. The third-order valence-corrected chi connectivity index (χ3v) is 3.70. The predicted molar refractivity (Wildman–Crippen MR) is 96.6 cm³/mol. The van der Waals surface area contributed by atoms with E-state index in [1.807, 2.05) is 20.2 Å². The van der Waals surface area contributed by atoms with E-state index in [1.54, 1.807) is 5.43 Å². The van der Waals surface area contributed by atoms with Crippen molar-refractivity contribution in [3.8, 4) is 0 Å². The zero-order valence-corrected chi connectivity index (χ0v) is 13.8. The van der Waals surface area contributed by atoms with Crippen molar-refractivity contribution in [2.75, 3.05) is 24.3 Å². The van der Waals surface area contributed by atoms with Crippen LogP contribution in [0.15, 0.2) is 28.8 Å². The van der Waals surface area contributed by atoms with E-state index in [0.29, 0.717) is 24.8 Å². The van der Waals surface area contributed by atoms with Crippen molar-refractivity contribution in [2.45, 2.75) is 32.7 Å². The molecule has 25 heavy (non-hydrogen) atoms. The summed E-state index contributed by atoms with van der Waals surface area (Å²) in [5, 5.41) is 3.22. The van der Waals surface area contributed by atoms with Crippen LogP contribution in [0.4, 0.5) is 15.8 Å². The number of nitrogens with zero attached hydrogens (tertiary/aromatic N) is 2. The lowest BCUT2D eigenvalue weighted by atomic mass is 10.1. The maximum Gasteiger partial charge on any atom is 0.298 e. The Hall–Kier alpha value is -2.61. The van der Waals surface area contributed by atoms with Gasteiger partial charge in [-0.05, 0) is 30.4 Å². The zero-order valence-electron chi connectivity index (χ0n) is 13.8. The van der Waals surface area contributed by atoms with Crippen LogP contribution in [0, 0.1) is 6.01 Å². The molecule has 1 aliphatic carbocycles. The first kappa shape index (κ1) is 20.4. The predicted octanol–water partition coefficient (Wildman–Crippen LogP) is 2.61. The monoisotopic (exact) mass is 351 g/mol. The Balaban J connectivity index is 0.000000568. The number of nitrogens with two attached hydrogens (primary N) is 1. The first-order valence-electron chi connectivity index (χ1n) is 7.62. The van der Waals surface area contributed by atoms with E-state index in [1.165, 1.54) is 18.4 Å². The van der Waals surface area contributed by atoms with Gasteiger partial charge in [-0.2, -0.15) is 4.39 Å². The zero-order chi connectivity index (χ0) is 17.5. The van der Waals surface area contributed by atoms with Crippen LogP contribution < -0.4 is 21.5 Å². The molecule has 0 spiro atoms. The molecule has 0 bridgehead atoms. The third kappa shape index (κ3) is 5.46. The molecule has 7 nitrogen and oxygen atoms in total. The van der Waals surface area contributed by atoms with Crippen molar-refractivity contribution in [1.29, 1.82) is 0 Å². The van der Waals surface area contributed by atoms with Crippen molar-refractivity contribution in [1.82, 2.24) is 10.4 Å². The van der Waals surface area contributed by atoms with Crippen molar-refractivity contribution in [2.24, 2.45) is 5.84 Å². The first-order chi connectivity index (χ1) is 11.6. The van der Waals surface area contributed by atoms with Crippen LogP contribution in [-0.4, -0.2) is 25.5 Å². The summed E-state index contributed by atoms with van der Waals surface area (Å²) >= 11 is 0. The van der Waals surface area contributed by atoms with E-state index < -0.39 is 6.01 Å². The van der Waals surface area contributed by atoms with Crippen LogP contribution in [0.2, 0.25) is 0 Å². The maximum atomic E-state index is 12.9. The average Bonchev–Trinajstić information content (AvgIpc) is 3.37. The smallest absolute Gasteiger partial charge is 0.298 e. The molecule has 1 aromatic heterocycles. The molecule has 0 unspecified atom stereocenters. The Bertz CT molecular complexity index is 673. The summed E-state index contributed by atoms with van der Waals surface area (Å²) < 4.78 is 17.8. The molecule has 1 heterocycles. The van der Waals surface area contributed by atoms with E-state index in [9.17, 15) is 4.39 Å². The summed E-state index contributed by atoms with van der Waals surface area (Å²) in [7, 11) is 3.89. The van der Waals surface area contributed by atoms with Gasteiger partial charge in [0.05, 0.1) is 17.9 Å². The maximum absolute atomic E-state index is 12.9. The fourth-order valence-corrected chi connectivity index (χ4v) is 2.56. The number of benzene rings is 1. The molecule has 0 atom stereocenters. The molecule has 1 aliphatic rings. The quantitative estimate of drug-likeness (QED) is 0.320. The van der Waals surface area contributed by atoms with E-state index in [0.717, 1.165) is 17.6 Å². The summed E-state index contributed by atoms with van der Waals surface area (Å²) in [5.74, 6) is 5.44. The molecule has 0 radical (unpaired) electrons. The topological polar surface area (TPSA) is 96.4 Å². The number of rotatable bonds is 6. The number of anilines is 2. The van der Waals surface area contributed by atoms with Crippen molar-refractivity contribution < 1.29 is 13.6 Å². The number of carbonyl (C=O) groups is 1. The second kappa shape index (κ2) is 9.63. The lowest BCUT2D eigenvalue weighted by Crippen LogP contribution is -2.19. The van der Waals surface area contributed by atoms with Crippen LogP contribution in [0.1, 0.15) is 37.6 Å². The number of hydrazine groups is 1. The summed E-state index contributed by atoms with van der Waals surface area (Å²) in [5.41, 5.74) is 5.31. The lowest BCUT2D eigenvalue weighted by molar-refractivity contribution is -0.109. The minimum Gasteiger partial charge on any atom is -0.414 e. The third-order valence-electron chi connectivity index (χ3n) is 3.70. The van der Waals surface area contributed by atoms with Gasteiger partial charge in [0.15, 0.2) is 0 Å². The lowest BCUT2D eigenvalue weighted by Gasteiger charge is -2.24. The van der Waals surface area contributed by atoms with Crippen LogP contribution in [-0.2, 0) is 11.3 Å². The highest BCUT2D eigenvalue weighted by Gasteiger charge is 2.28. The van der Waals surface area contributed by atoms with Gasteiger partial charge in [-0.3, -0.25) is 10.2 Å². The minimum absolute atomic E-state index is 0. The standard InChI is InChI=1S/C15H18FN3O.CH4N2O.CH4/c1-17-12-5-3-4-11(10-6-7-10)15(12)19(2)9-14-18-8-13(16)20-14;2-3-1-4;/h3-5,8,10,17H,6-7,9H2,1-2H3;1H,2H2,(H,3,4);1H4. The second-order valence-electron chi connectivity index (χ2n) is 5.47. The normalized spacial score (nSPS) is 12.3. The highest BCUT2D eigenvalue weighted by atomic mass is 19.1. The molecule has 1 saturated carbocycles. The van der Waals surface area contributed by atoms with Gasteiger partial charge >= 0.3 is 0 Å². The highest BCUT2D eigenvalue weighted by Crippen LogP contribution is 2.46. The molecular formula is C17H26FN5O2. The number of aromatic nitrogens is 1. The molecule has 8 heteroatoms. The number of oxazole rings is 1. The van der Waals surface area contributed by atoms with E-state index in [-0.39, 0.29) is 7.43 Å². The summed E-state index contributed by atoms with van der Waals surface area (Å²) in [6.45, 7) is 0.447. The highest BCUT2D eigenvalue weighted by molar-refractivity contribution is 5.74. The van der Waals surface area contributed by atoms with Gasteiger partial charge in [-0.25, -0.2) is 10.8 Å². The Kier molecular flexibility index (Phi) is 7.87. The molecule has 0 aliphatic heterocycles. The fraction of sp³-hybridized carbons (Fsp3) is 0.412. The molecule has 4 N–H and O–H groups in total. The van der Waals surface area contributed by atoms with E-state index in [2.05, 4.69) is 33.2 Å². The first-order valence-corrected chi connectivity index (χ1v) is 7.62. The molecule has 138 valence electrons. The second-order valence-corrected chi connectivity index (χ2v) is 5.47. The van der Waals surface area contributed by atoms with Gasteiger partial charge in [-0.15, -0.1) is 0 Å². The van der Waals surface area contributed by atoms with Gasteiger partial charge < -0.3 is 14.6 Å². The summed E-state index contributed by atoms with van der Waals surface area (Å²) in [4.78, 5) is 14.9. The average molecular weight is 351 g/mol. The van der Waals surface area contributed by atoms with E-state index in [4.69, 9.17) is 9.21 Å². The number of hydrogen-bond acceptors (Lipinski definition) is 6. The Morgan fingerprint density at radius 2 is 2.16 bits per heavy atom. The van der Waals surface area contributed by atoms with Crippen molar-refractivity contribution in [3.05, 3.63) is 41.9 Å². The van der Waals surface area contributed by atoms with Gasteiger partial charge in [0.25, 0.3) is 6.01 Å². The fourth-order valence-electron chi connectivity index (χ4n) is 2.56. The Morgan fingerprint density at radius 1 is 1.48 bits per heavy atom. The summed E-state index contributed by atoms with van der Waals surface area (Å²) in [6.07, 6.45) is 3.98. The van der Waals surface area contributed by atoms with Gasteiger partial charge in [0.1, 0.15) is 6.20 Å². The number of halogens is 1. The minimum atomic E-state index is -0.641. The number of para-hydroxylation sites is 1. The van der Waals surface area contributed by atoms with Crippen LogP contribution in [0.3, 0.4) is 0 Å². The SMILES string of the molecule is C.CNc1cccc(C2CC2)c1N(C)Cc1ncc(F)o1.NNC=O. The van der Waals surface area contributed by atoms with Crippen LogP contribution >= 0.6 is 0 Å². The van der Waals surface area contributed by atoms with Crippen LogP contribution in [0.25, 0.3) is 0 Å². The molecule has 2 aromatic rings. The Morgan fingerprint density at radius 3 is 2.64 bits per heavy atom. The molecule has 1 aromatic carbocycles. The van der Waals surface area contributed by atoms with E-state index >= 15 is 0 Å². The molecule has 1 fully saturated rings. The van der Waals surface area contributed by atoms with Gasteiger partial charge in [-0.1, -0.05) is 19.6 Å². The number of amides is 1. The van der Waals surface area contributed by atoms with Crippen molar-refractivity contribution in [3.63, 3.8) is 0 Å². The molecule has 1 amide bonds. The Labute approximate surface area is 147 Å². The molecule has 3 rings (SSSR count). The van der Waals surface area contributed by atoms with Gasteiger partial charge in [0.2, 0.25) is 12.3 Å². The van der Waals surface area contributed by atoms with Crippen molar-refractivity contribution >= 4 is 17.8 Å². The van der Waals surface area contributed by atoms with Crippen LogP contribution in [0.5, 0.6) is 0 Å². The molecule has 0 saturated heterocycles. The molecular weight excluding hydrogens is 325 g/mol. The number of nitrogens with one attached hydrogen (secondary N) is 2. The largest absolute Gasteiger partial charge is 0.414 e. The number of carbonyl (C=O) groups excluding carboxylic acids is 1. The summed E-state index contributed by atoms with van der Waals surface area (Å²) in [6, 6.07) is 5.65.